The number of allylic oxidation sites excluding steroid dienone is 1. The Morgan fingerprint density at radius 1 is 1.36 bits per heavy atom. The highest BCUT2D eigenvalue weighted by Crippen LogP contribution is 2.12. The topological polar surface area (TPSA) is 43.1 Å². The van der Waals surface area contributed by atoms with Crippen molar-refractivity contribution in [2.45, 2.75) is 20.8 Å². The number of aryl methyl sites for hydroxylation is 2. The monoisotopic (exact) mass is 191 g/mol. The lowest BCUT2D eigenvalue weighted by atomic mass is 10.1. The van der Waals surface area contributed by atoms with E-state index in [-0.39, 0.29) is 10.6 Å². The predicted octanol–water partition coefficient (Wildman–Crippen LogP) is 2.94. The van der Waals surface area contributed by atoms with Gasteiger partial charge in [0, 0.05) is 13.0 Å². The molecule has 0 aliphatic carbocycles. The lowest BCUT2D eigenvalue weighted by Crippen LogP contribution is -1.93. The Morgan fingerprint density at radius 3 is 2.50 bits per heavy atom. The van der Waals surface area contributed by atoms with Gasteiger partial charge in [0.2, 0.25) is 5.70 Å². The van der Waals surface area contributed by atoms with E-state index in [0.717, 1.165) is 11.1 Å². The van der Waals surface area contributed by atoms with Gasteiger partial charge in [-0.2, -0.15) is 0 Å². The second-order valence-electron chi connectivity index (χ2n) is 3.39. The Balaban J connectivity index is 3.04. The van der Waals surface area contributed by atoms with E-state index in [9.17, 15) is 10.1 Å². The van der Waals surface area contributed by atoms with Crippen molar-refractivity contribution in [1.29, 1.82) is 0 Å². The summed E-state index contributed by atoms with van der Waals surface area (Å²) in [5.41, 5.74) is 3.38. The molecule has 74 valence electrons. The van der Waals surface area contributed by atoms with E-state index >= 15 is 0 Å². The third kappa shape index (κ3) is 2.42. The van der Waals surface area contributed by atoms with Crippen LogP contribution in [0.4, 0.5) is 0 Å². The normalized spacial score (nSPS) is 11.5. The summed E-state index contributed by atoms with van der Waals surface area (Å²) in [5, 5.41) is 10.4. The first-order valence-corrected chi connectivity index (χ1v) is 4.40. The van der Waals surface area contributed by atoms with Crippen LogP contribution in [0.3, 0.4) is 0 Å². The van der Waals surface area contributed by atoms with Crippen LogP contribution in [0, 0.1) is 24.0 Å². The van der Waals surface area contributed by atoms with E-state index in [1.54, 1.807) is 6.08 Å². The van der Waals surface area contributed by atoms with E-state index in [2.05, 4.69) is 0 Å². The van der Waals surface area contributed by atoms with Crippen molar-refractivity contribution in [2.75, 3.05) is 0 Å². The molecule has 3 nitrogen and oxygen atoms in total. The first-order chi connectivity index (χ1) is 6.50. The van der Waals surface area contributed by atoms with E-state index in [1.807, 2.05) is 32.0 Å². The SMILES string of the molecule is CC(=Cc1ccc(C)c(C)c1)[N+](=O)[O-]. The molecular formula is C11H13NO2. The molecular weight excluding hydrogens is 178 g/mol. The molecule has 3 heteroatoms. The molecule has 1 aromatic rings. The lowest BCUT2D eigenvalue weighted by Gasteiger charge is -2.00. The quantitative estimate of drug-likeness (QED) is 0.532. The van der Waals surface area contributed by atoms with Crippen LogP contribution in [0.25, 0.3) is 6.08 Å². The summed E-state index contributed by atoms with van der Waals surface area (Å²) in [4.78, 5) is 10.0. The first kappa shape index (κ1) is 10.4. The molecule has 1 aromatic carbocycles. The molecule has 0 spiro atoms. The Hall–Kier alpha value is -1.64. The number of hydrogen-bond acceptors (Lipinski definition) is 2. The summed E-state index contributed by atoms with van der Waals surface area (Å²) >= 11 is 0. The van der Waals surface area contributed by atoms with Crippen molar-refractivity contribution in [3.8, 4) is 0 Å². The Labute approximate surface area is 83.2 Å². The molecule has 0 aliphatic heterocycles. The highest BCUT2D eigenvalue weighted by atomic mass is 16.6. The van der Waals surface area contributed by atoms with Crippen LogP contribution in [0.1, 0.15) is 23.6 Å². The van der Waals surface area contributed by atoms with Crippen molar-refractivity contribution < 1.29 is 4.92 Å². The van der Waals surface area contributed by atoms with Crippen molar-refractivity contribution in [2.24, 2.45) is 0 Å². The molecule has 0 saturated carbocycles. The molecule has 0 bridgehead atoms. The van der Waals surface area contributed by atoms with Gasteiger partial charge in [-0.05, 0) is 30.5 Å². The molecule has 0 atom stereocenters. The smallest absolute Gasteiger partial charge is 0.243 e. The van der Waals surface area contributed by atoms with Crippen LogP contribution in [-0.4, -0.2) is 4.92 Å². The number of benzene rings is 1. The largest absolute Gasteiger partial charge is 0.259 e. The number of rotatable bonds is 2. The predicted molar refractivity (Wildman–Crippen MR) is 56.6 cm³/mol. The second kappa shape index (κ2) is 4.05. The van der Waals surface area contributed by atoms with Crippen LogP contribution in [0.15, 0.2) is 23.9 Å². The average molecular weight is 191 g/mol. The Bertz CT molecular complexity index is 394. The van der Waals surface area contributed by atoms with Gasteiger partial charge in [0.25, 0.3) is 0 Å². The zero-order valence-corrected chi connectivity index (χ0v) is 8.57. The summed E-state index contributed by atoms with van der Waals surface area (Å²) in [6.07, 6.45) is 1.58. The molecule has 0 fully saturated rings. The lowest BCUT2D eigenvalue weighted by molar-refractivity contribution is -0.422. The highest BCUT2D eigenvalue weighted by Gasteiger charge is 2.02. The molecule has 0 unspecified atom stereocenters. The van der Waals surface area contributed by atoms with Gasteiger partial charge >= 0.3 is 0 Å². The molecule has 0 aromatic heterocycles. The Kier molecular flexibility index (Phi) is 3.02. The van der Waals surface area contributed by atoms with Gasteiger partial charge in [0.05, 0.1) is 4.92 Å². The minimum atomic E-state index is -0.380. The number of nitrogens with zero attached hydrogens (tertiary/aromatic N) is 1. The maximum Gasteiger partial charge on any atom is 0.243 e. The summed E-state index contributed by atoms with van der Waals surface area (Å²) in [6, 6.07) is 5.80. The van der Waals surface area contributed by atoms with Crippen LogP contribution >= 0.6 is 0 Å². The standard InChI is InChI=1S/C11H13NO2/c1-8-4-5-11(6-9(8)2)7-10(3)12(13)14/h4-7H,1-3H3. The molecule has 0 radical (unpaired) electrons. The first-order valence-electron chi connectivity index (χ1n) is 4.40. The van der Waals surface area contributed by atoms with Gasteiger partial charge in [-0.1, -0.05) is 18.2 Å². The van der Waals surface area contributed by atoms with Crippen LogP contribution in [0.2, 0.25) is 0 Å². The fourth-order valence-corrected chi connectivity index (χ4v) is 1.15. The van der Waals surface area contributed by atoms with Crippen molar-refractivity contribution in [1.82, 2.24) is 0 Å². The third-order valence-corrected chi connectivity index (χ3v) is 2.19. The minimum Gasteiger partial charge on any atom is -0.259 e. The van der Waals surface area contributed by atoms with E-state index in [0.29, 0.717) is 0 Å². The van der Waals surface area contributed by atoms with Gasteiger partial charge in [0.1, 0.15) is 0 Å². The van der Waals surface area contributed by atoms with Crippen LogP contribution < -0.4 is 0 Å². The maximum absolute atomic E-state index is 10.4. The van der Waals surface area contributed by atoms with Gasteiger partial charge in [-0.15, -0.1) is 0 Å². The molecule has 0 aliphatic rings. The van der Waals surface area contributed by atoms with Crippen molar-refractivity contribution in [3.63, 3.8) is 0 Å². The van der Waals surface area contributed by atoms with E-state index in [4.69, 9.17) is 0 Å². The molecule has 0 saturated heterocycles. The summed E-state index contributed by atoms with van der Waals surface area (Å²) in [6.45, 7) is 5.51. The van der Waals surface area contributed by atoms with E-state index in [1.165, 1.54) is 12.5 Å². The molecule has 1 rings (SSSR count). The summed E-state index contributed by atoms with van der Waals surface area (Å²) < 4.78 is 0. The zero-order chi connectivity index (χ0) is 10.7. The fraction of sp³-hybridized carbons (Fsp3) is 0.273. The van der Waals surface area contributed by atoms with E-state index < -0.39 is 0 Å². The summed E-state index contributed by atoms with van der Waals surface area (Å²) in [5.74, 6) is 0. The fourth-order valence-electron chi connectivity index (χ4n) is 1.15. The second-order valence-corrected chi connectivity index (χ2v) is 3.39. The highest BCUT2D eigenvalue weighted by molar-refractivity contribution is 5.52. The number of nitro groups is 1. The maximum atomic E-state index is 10.4. The van der Waals surface area contributed by atoms with Gasteiger partial charge in [-0.3, -0.25) is 10.1 Å². The van der Waals surface area contributed by atoms with Crippen molar-refractivity contribution >= 4 is 6.08 Å². The van der Waals surface area contributed by atoms with Gasteiger partial charge in [0.15, 0.2) is 0 Å². The molecule has 0 N–H and O–H groups in total. The van der Waals surface area contributed by atoms with Crippen molar-refractivity contribution in [3.05, 3.63) is 50.7 Å². The average Bonchev–Trinajstić information content (AvgIpc) is 2.11. The Morgan fingerprint density at radius 2 is 2.00 bits per heavy atom. The summed E-state index contributed by atoms with van der Waals surface area (Å²) in [7, 11) is 0. The third-order valence-electron chi connectivity index (χ3n) is 2.19. The van der Waals surface area contributed by atoms with Crippen LogP contribution in [-0.2, 0) is 0 Å². The molecule has 14 heavy (non-hydrogen) atoms. The van der Waals surface area contributed by atoms with Gasteiger partial charge < -0.3 is 0 Å². The zero-order valence-electron chi connectivity index (χ0n) is 8.57. The van der Waals surface area contributed by atoms with Gasteiger partial charge in [-0.25, -0.2) is 0 Å². The van der Waals surface area contributed by atoms with Crippen LogP contribution in [0.5, 0.6) is 0 Å². The number of hydrogen-bond donors (Lipinski definition) is 0. The minimum absolute atomic E-state index is 0.160. The molecule has 0 heterocycles. The molecule has 0 amide bonds.